The minimum atomic E-state index is 0.203. The quantitative estimate of drug-likeness (QED) is 0.818. The minimum absolute atomic E-state index is 0.203. The Balaban J connectivity index is 2.26. The second-order valence-corrected chi connectivity index (χ2v) is 4.73. The lowest BCUT2D eigenvalue weighted by Gasteiger charge is -2.17. The van der Waals surface area contributed by atoms with E-state index in [1.165, 1.54) is 5.56 Å². The molecule has 1 N–H and O–H groups in total. The van der Waals surface area contributed by atoms with Gasteiger partial charge in [-0.3, -0.25) is 0 Å². The van der Waals surface area contributed by atoms with Gasteiger partial charge in [0.2, 0.25) is 5.95 Å². The van der Waals surface area contributed by atoms with Crippen LogP contribution < -0.4 is 10.1 Å². The monoisotopic (exact) mass is 271 g/mol. The molecule has 1 unspecified atom stereocenters. The first-order chi connectivity index (χ1) is 9.65. The summed E-state index contributed by atoms with van der Waals surface area (Å²) in [7, 11) is 1.68. The van der Waals surface area contributed by atoms with E-state index < -0.39 is 0 Å². The highest BCUT2D eigenvalue weighted by Gasteiger charge is 2.13. The molecule has 106 valence electrons. The maximum Gasteiger partial charge on any atom is 0.203 e. The van der Waals surface area contributed by atoms with Crippen molar-refractivity contribution in [2.75, 3.05) is 19.0 Å². The number of aryl methyl sites for hydroxylation is 1. The summed E-state index contributed by atoms with van der Waals surface area (Å²) in [5.41, 5.74) is 2.21. The Morgan fingerprint density at radius 3 is 2.70 bits per heavy atom. The molecule has 0 bridgehead atoms. The van der Waals surface area contributed by atoms with Crippen LogP contribution in [0.5, 0.6) is 5.75 Å². The molecule has 0 amide bonds. The lowest BCUT2D eigenvalue weighted by molar-refractivity contribution is 0.414. The molecule has 0 fully saturated rings. The topological polar surface area (TPSA) is 39.1 Å². The number of hydrogen-bond donors (Lipinski definition) is 1. The summed E-state index contributed by atoms with van der Waals surface area (Å²) >= 11 is 0. The normalized spacial score (nSPS) is 11.9. The fourth-order valence-corrected chi connectivity index (χ4v) is 2.15. The number of nitrogens with zero attached hydrogens (tertiary/aromatic N) is 2. The zero-order valence-corrected chi connectivity index (χ0v) is 12.3. The molecule has 0 spiro atoms. The van der Waals surface area contributed by atoms with Gasteiger partial charge in [0.25, 0.3) is 0 Å². The van der Waals surface area contributed by atoms with E-state index in [1.807, 2.05) is 25.1 Å². The highest BCUT2D eigenvalue weighted by Crippen LogP contribution is 2.24. The van der Waals surface area contributed by atoms with Crippen LogP contribution in [0.25, 0.3) is 0 Å². The standard InChI is InChI=1S/C16H21N3O/c1-5-10-17-16-18-12(2)11-19(16)13(3)14-6-8-15(20-4)9-7-14/h5-9,11,13H,1,10H2,2-4H3,(H,17,18). The fraction of sp³-hybridized carbons (Fsp3) is 0.312. The van der Waals surface area contributed by atoms with Gasteiger partial charge in [0.05, 0.1) is 18.8 Å². The average molecular weight is 271 g/mol. The predicted molar refractivity (Wildman–Crippen MR) is 82.5 cm³/mol. The molecule has 0 aliphatic carbocycles. The zero-order valence-electron chi connectivity index (χ0n) is 12.3. The molecule has 0 saturated heterocycles. The van der Waals surface area contributed by atoms with Gasteiger partial charge in [-0.25, -0.2) is 4.98 Å². The van der Waals surface area contributed by atoms with Crippen molar-refractivity contribution in [2.24, 2.45) is 0 Å². The largest absolute Gasteiger partial charge is 0.497 e. The van der Waals surface area contributed by atoms with Gasteiger partial charge in [-0.05, 0) is 31.5 Å². The Kier molecular flexibility index (Phi) is 4.45. The van der Waals surface area contributed by atoms with Crippen molar-refractivity contribution < 1.29 is 4.74 Å². The van der Waals surface area contributed by atoms with Gasteiger partial charge in [-0.1, -0.05) is 18.2 Å². The first kappa shape index (κ1) is 14.2. The Labute approximate surface area is 120 Å². The van der Waals surface area contributed by atoms with Crippen LogP contribution in [0, 0.1) is 6.92 Å². The summed E-state index contributed by atoms with van der Waals surface area (Å²) in [6.45, 7) is 8.57. The molecule has 0 radical (unpaired) electrons. The third-order valence-electron chi connectivity index (χ3n) is 3.27. The number of methoxy groups -OCH3 is 1. The Bertz CT molecular complexity index is 572. The van der Waals surface area contributed by atoms with Crippen LogP contribution in [0.15, 0.2) is 43.1 Å². The van der Waals surface area contributed by atoms with Crippen molar-refractivity contribution in [1.29, 1.82) is 0 Å². The van der Waals surface area contributed by atoms with Crippen LogP contribution in [-0.2, 0) is 0 Å². The molecule has 1 aromatic carbocycles. The molecule has 4 nitrogen and oxygen atoms in total. The Morgan fingerprint density at radius 1 is 1.40 bits per heavy atom. The number of nitrogens with one attached hydrogen (secondary N) is 1. The lowest BCUT2D eigenvalue weighted by Crippen LogP contribution is -2.11. The van der Waals surface area contributed by atoms with Crippen molar-refractivity contribution >= 4 is 5.95 Å². The number of rotatable bonds is 6. The molecule has 0 saturated carbocycles. The van der Waals surface area contributed by atoms with Crippen LogP contribution in [0.4, 0.5) is 5.95 Å². The molecule has 1 heterocycles. The molecule has 0 aliphatic rings. The van der Waals surface area contributed by atoms with E-state index in [2.05, 4.69) is 46.7 Å². The number of imidazole rings is 1. The van der Waals surface area contributed by atoms with Crippen molar-refractivity contribution in [3.8, 4) is 5.75 Å². The second-order valence-electron chi connectivity index (χ2n) is 4.73. The zero-order chi connectivity index (χ0) is 14.5. The van der Waals surface area contributed by atoms with Crippen molar-refractivity contribution in [1.82, 2.24) is 9.55 Å². The van der Waals surface area contributed by atoms with Crippen molar-refractivity contribution in [2.45, 2.75) is 19.9 Å². The second kappa shape index (κ2) is 6.28. The number of aromatic nitrogens is 2. The van der Waals surface area contributed by atoms with Gasteiger partial charge in [0.1, 0.15) is 5.75 Å². The summed E-state index contributed by atoms with van der Waals surface area (Å²) in [4.78, 5) is 4.51. The molecule has 0 aliphatic heterocycles. The van der Waals surface area contributed by atoms with E-state index in [-0.39, 0.29) is 6.04 Å². The van der Waals surface area contributed by atoms with Crippen LogP contribution in [-0.4, -0.2) is 23.2 Å². The lowest BCUT2D eigenvalue weighted by atomic mass is 10.1. The van der Waals surface area contributed by atoms with Gasteiger partial charge >= 0.3 is 0 Å². The highest BCUT2D eigenvalue weighted by atomic mass is 16.5. The molecule has 4 heteroatoms. The summed E-state index contributed by atoms with van der Waals surface area (Å²) in [5.74, 6) is 1.73. The van der Waals surface area contributed by atoms with E-state index in [4.69, 9.17) is 4.74 Å². The molecular weight excluding hydrogens is 250 g/mol. The molecule has 2 rings (SSSR count). The Hall–Kier alpha value is -2.23. The highest BCUT2D eigenvalue weighted by molar-refractivity contribution is 5.35. The van der Waals surface area contributed by atoms with E-state index in [9.17, 15) is 0 Å². The van der Waals surface area contributed by atoms with Gasteiger partial charge in [-0.15, -0.1) is 6.58 Å². The number of hydrogen-bond acceptors (Lipinski definition) is 3. The smallest absolute Gasteiger partial charge is 0.203 e. The average Bonchev–Trinajstić information content (AvgIpc) is 2.85. The first-order valence-electron chi connectivity index (χ1n) is 6.70. The van der Waals surface area contributed by atoms with E-state index in [0.29, 0.717) is 6.54 Å². The van der Waals surface area contributed by atoms with E-state index >= 15 is 0 Å². The maximum atomic E-state index is 5.19. The van der Waals surface area contributed by atoms with Crippen LogP contribution in [0.2, 0.25) is 0 Å². The molecule has 2 aromatic rings. The fourth-order valence-electron chi connectivity index (χ4n) is 2.15. The summed E-state index contributed by atoms with van der Waals surface area (Å²) in [6.07, 6.45) is 3.88. The first-order valence-corrected chi connectivity index (χ1v) is 6.70. The molecular formula is C16H21N3O. The number of ether oxygens (including phenoxy) is 1. The maximum absolute atomic E-state index is 5.19. The van der Waals surface area contributed by atoms with Gasteiger partial charge in [-0.2, -0.15) is 0 Å². The SMILES string of the molecule is C=CCNc1nc(C)cn1C(C)c1ccc(OC)cc1. The van der Waals surface area contributed by atoms with E-state index in [1.54, 1.807) is 7.11 Å². The molecule has 20 heavy (non-hydrogen) atoms. The van der Waals surface area contributed by atoms with Gasteiger partial charge in [0, 0.05) is 12.7 Å². The summed E-state index contributed by atoms with van der Waals surface area (Å²) in [6, 6.07) is 8.32. The third-order valence-corrected chi connectivity index (χ3v) is 3.27. The molecule has 1 atom stereocenters. The van der Waals surface area contributed by atoms with Crippen molar-refractivity contribution in [3.63, 3.8) is 0 Å². The third kappa shape index (κ3) is 3.02. The number of anilines is 1. The van der Waals surface area contributed by atoms with Crippen LogP contribution in [0.1, 0.15) is 24.2 Å². The minimum Gasteiger partial charge on any atom is -0.497 e. The molecule has 1 aromatic heterocycles. The van der Waals surface area contributed by atoms with Crippen molar-refractivity contribution in [3.05, 3.63) is 54.4 Å². The van der Waals surface area contributed by atoms with Gasteiger partial charge in [0.15, 0.2) is 0 Å². The van der Waals surface area contributed by atoms with Crippen LogP contribution >= 0.6 is 0 Å². The summed E-state index contributed by atoms with van der Waals surface area (Å²) in [5, 5.41) is 3.27. The Morgan fingerprint density at radius 2 is 2.10 bits per heavy atom. The van der Waals surface area contributed by atoms with Crippen LogP contribution in [0.3, 0.4) is 0 Å². The predicted octanol–water partition coefficient (Wildman–Crippen LogP) is 3.41. The number of benzene rings is 1. The summed E-state index contributed by atoms with van der Waals surface area (Å²) < 4.78 is 7.33. The van der Waals surface area contributed by atoms with Gasteiger partial charge < -0.3 is 14.6 Å². The van der Waals surface area contributed by atoms with E-state index in [0.717, 1.165) is 17.4 Å².